The Kier molecular flexibility index (Phi) is 6.04. The second kappa shape index (κ2) is 9.03. The molecule has 1 unspecified atom stereocenters. The SMILES string of the molecule is Cc1ccccc1C(C)OC(=O)Nc1c(C)nsc1C#Cc1nc2sc(C3(C(=O)O)CC3)nc2s1. The van der Waals surface area contributed by atoms with Gasteiger partial charge in [-0.15, -0.1) is 0 Å². The number of thiazole rings is 2. The minimum atomic E-state index is -0.830. The van der Waals surface area contributed by atoms with Gasteiger partial charge in [-0.2, -0.15) is 4.37 Å². The first-order valence-electron chi connectivity index (χ1n) is 10.8. The molecule has 178 valence electrons. The summed E-state index contributed by atoms with van der Waals surface area (Å²) in [6.45, 7) is 5.60. The van der Waals surface area contributed by atoms with Crippen LogP contribution in [-0.4, -0.2) is 31.5 Å². The Morgan fingerprint density at radius 3 is 2.57 bits per heavy atom. The number of amides is 1. The molecule has 2 N–H and O–H groups in total. The fraction of sp³-hybridized carbons (Fsp3) is 0.292. The van der Waals surface area contributed by atoms with Crippen LogP contribution in [-0.2, 0) is 14.9 Å². The zero-order valence-electron chi connectivity index (χ0n) is 19.0. The summed E-state index contributed by atoms with van der Waals surface area (Å²) in [6, 6.07) is 7.76. The third-order valence-corrected chi connectivity index (χ3v) is 8.83. The van der Waals surface area contributed by atoms with Gasteiger partial charge >= 0.3 is 12.1 Å². The maximum atomic E-state index is 12.6. The van der Waals surface area contributed by atoms with Crippen molar-refractivity contribution in [3.8, 4) is 11.8 Å². The molecule has 11 heteroatoms. The molecule has 1 aromatic carbocycles. The molecule has 1 aliphatic carbocycles. The normalized spacial score (nSPS) is 14.7. The maximum Gasteiger partial charge on any atom is 0.412 e. The number of anilines is 1. The largest absolute Gasteiger partial charge is 0.481 e. The summed E-state index contributed by atoms with van der Waals surface area (Å²) in [5.41, 5.74) is 2.32. The average Bonchev–Trinajstić information content (AvgIpc) is 3.25. The van der Waals surface area contributed by atoms with Crippen molar-refractivity contribution in [2.45, 2.75) is 45.1 Å². The molecule has 3 heterocycles. The first-order chi connectivity index (χ1) is 16.8. The second-order valence-corrected chi connectivity index (χ2v) is 11.0. The Hall–Kier alpha value is -3.33. The van der Waals surface area contributed by atoms with Crippen molar-refractivity contribution in [1.82, 2.24) is 14.3 Å². The number of nitrogens with zero attached hydrogens (tertiary/aromatic N) is 3. The van der Waals surface area contributed by atoms with Gasteiger partial charge in [-0.25, -0.2) is 14.8 Å². The first-order valence-corrected chi connectivity index (χ1v) is 13.2. The fourth-order valence-electron chi connectivity index (χ4n) is 3.66. The highest BCUT2D eigenvalue weighted by Crippen LogP contribution is 2.50. The van der Waals surface area contributed by atoms with Crippen molar-refractivity contribution in [1.29, 1.82) is 0 Å². The number of carbonyl (C=O) groups excluding carboxylic acids is 1. The number of fused-ring (bicyclic) bond motifs is 1. The van der Waals surface area contributed by atoms with Crippen LogP contribution in [0, 0.1) is 25.7 Å². The number of aryl methyl sites for hydroxylation is 2. The average molecular weight is 525 g/mol. The summed E-state index contributed by atoms with van der Waals surface area (Å²) in [7, 11) is 0. The minimum Gasteiger partial charge on any atom is -0.481 e. The topological polar surface area (TPSA) is 114 Å². The van der Waals surface area contributed by atoms with Gasteiger partial charge in [0.15, 0.2) is 14.7 Å². The number of aliphatic carboxylic acids is 1. The van der Waals surface area contributed by atoms with E-state index in [1.165, 1.54) is 34.2 Å². The summed E-state index contributed by atoms with van der Waals surface area (Å²) in [4.78, 5) is 35.1. The number of carboxylic acid groups (broad SMARTS) is 1. The molecule has 1 saturated carbocycles. The van der Waals surface area contributed by atoms with Crippen molar-refractivity contribution in [2.75, 3.05) is 5.32 Å². The van der Waals surface area contributed by atoms with Gasteiger partial charge in [-0.05, 0) is 68.1 Å². The van der Waals surface area contributed by atoms with Gasteiger partial charge in [0.2, 0.25) is 0 Å². The van der Waals surface area contributed by atoms with E-state index >= 15 is 0 Å². The van der Waals surface area contributed by atoms with Gasteiger partial charge < -0.3 is 9.84 Å². The molecule has 1 amide bonds. The van der Waals surface area contributed by atoms with Crippen LogP contribution in [0.3, 0.4) is 0 Å². The monoisotopic (exact) mass is 524 g/mol. The van der Waals surface area contributed by atoms with Crippen LogP contribution in [0.15, 0.2) is 24.3 Å². The van der Waals surface area contributed by atoms with E-state index in [1.807, 2.05) is 38.1 Å². The Balaban J connectivity index is 1.30. The van der Waals surface area contributed by atoms with E-state index in [4.69, 9.17) is 4.74 Å². The van der Waals surface area contributed by atoms with E-state index in [2.05, 4.69) is 31.5 Å². The van der Waals surface area contributed by atoms with Gasteiger partial charge in [0.05, 0.1) is 11.4 Å². The summed E-state index contributed by atoms with van der Waals surface area (Å²) in [5, 5.41) is 13.4. The van der Waals surface area contributed by atoms with E-state index in [1.54, 1.807) is 6.92 Å². The summed E-state index contributed by atoms with van der Waals surface area (Å²) >= 11 is 3.82. The highest BCUT2D eigenvalue weighted by Gasteiger charge is 2.54. The smallest absolute Gasteiger partial charge is 0.412 e. The van der Waals surface area contributed by atoms with E-state index in [0.717, 1.165) is 11.1 Å². The van der Waals surface area contributed by atoms with E-state index < -0.39 is 23.6 Å². The van der Waals surface area contributed by atoms with Crippen LogP contribution in [0.5, 0.6) is 0 Å². The Bertz CT molecular complexity index is 1490. The van der Waals surface area contributed by atoms with Crippen LogP contribution in [0.2, 0.25) is 0 Å². The number of ether oxygens (including phenoxy) is 1. The number of aromatic nitrogens is 3. The molecule has 0 bridgehead atoms. The van der Waals surface area contributed by atoms with Gasteiger partial charge in [-0.1, -0.05) is 46.9 Å². The third kappa shape index (κ3) is 4.52. The first kappa shape index (κ1) is 23.4. The molecule has 1 aliphatic rings. The number of rotatable bonds is 5. The fourth-order valence-corrected chi connectivity index (χ4v) is 6.50. The number of benzene rings is 1. The molecule has 4 aromatic rings. The van der Waals surface area contributed by atoms with Crippen molar-refractivity contribution >= 4 is 61.6 Å². The molecule has 0 spiro atoms. The van der Waals surface area contributed by atoms with Crippen molar-refractivity contribution in [3.63, 3.8) is 0 Å². The van der Waals surface area contributed by atoms with Crippen LogP contribution < -0.4 is 5.32 Å². The number of hydrogen-bond acceptors (Lipinski definition) is 9. The quantitative estimate of drug-likeness (QED) is 0.324. The van der Waals surface area contributed by atoms with Crippen LogP contribution in [0.25, 0.3) is 9.66 Å². The maximum absolute atomic E-state index is 12.6. The summed E-state index contributed by atoms with van der Waals surface area (Å²) < 4.78 is 9.89. The lowest BCUT2D eigenvalue weighted by atomic mass is 10.1. The molecular weight excluding hydrogens is 504 g/mol. The molecule has 1 atom stereocenters. The summed E-state index contributed by atoms with van der Waals surface area (Å²) in [5.74, 6) is 5.24. The molecule has 0 saturated heterocycles. The summed E-state index contributed by atoms with van der Waals surface area (Å²) in [6.07, 6.45) is 0.241. The molecule has 1 fully saturated rings. The molecule has 0 aliphatic heterocycles. The molecule has 5 rings (SSSR count). The molecule has 35 heavy (non-hydrogen) atoms. The van der Waals surface area contributed by atoms with Gasteiger partial charge in [0.25, 0.3) is 0 Å². The van der Waals surface area contributed by atoms with Gasteiger partial charge in [-0.3, -0.25) is 10.1 Å². The molecular formula is C24H20N4O4S3. The number of nitrogens with one attached hydrogen (secondary N) is 1. The number of hydrogen-bond donors (Lipinski definition) is 2. The van der Waals surface area contributed by atoms with E-state index in [9.17, 15) is 14.7 Å². The molecule has 3 aromatic heterocycles. The van der Waals surface area contributed by atoms with Crippen molar-refractivity contribution in [3.05, 3.63) is 56.0 Å². The Morgan fingerprint density at radius 1 is 1.14 bits per heavy atom. The Labute approximate surface area is 213 Å². The number of carbonyl (C=O) groups is 2. The zero-order chi connectivity index (χ0) is 24.7. The van der Waals surface area contributed by atoms with Crippen molar-refractivity contribution in [2.24, 2.45) is 0 Å². The predicted octanol–water partition coefficient (Wildman–Crippen LogP) is 5.65. The number of carboxylic acids is 1. The zero-order valence-corrected chi connectivity index (χ0v) is 21.5. The van der Waals surface area contributed by atoms with Gasteiger partial charge in [0, 0.05) is 0 Å². The lowest BCUT2D eigenvalue weighted by Crippen LogP contribution is -2.18. The van der Waals surface area contributed by atoms with Crippen LogP contribution >= 0.6 is 34.2 Å². The lowest BCUT2D eigenvalue weighted by molar-refractivity contribution is -0.140. The van der Waals surface area contributed by atoms with Crippen LogP contribution in [0.1, 0.15) is 57.6 Å². The van der Waals surface area contributed by atoms with Crippen molar-refractivity contribution < 1.29 is 19.4 Å². The lowest BCUT2D eigenvalue weighted by Gasteiger charge is -2.16. The predicted molar refractivity (Wildman–Crippen MR) is 136 cm³/mol. The molecule has 8 nitrogen and oxygen atoms in total. The van der Waals surface area contributed by atoms with E-state index in [-0.39, 0.29) is 0 Å². The molecule has 0 radical (unpaired) electrons. The highest BCUT2D eigenvalue weighted by atomic mass is 32.1. The highest BCUT2D eigenvalue weighted by molar-refractivity contribution is 7.26. The standard InChI is InChI=1S/C24H20N4O4S3/c1-12-6-4-5-7-15(12)14(3)32-23(31)26-18-13(2)28-35-16(18)8-9-17-25-19-20(33-17)27-21(34-19)24(10-11-24)22(29)30/h4-7,14H,10-11H2,1-3H3,(H,26,31)(H,29,30). The minimum absolute atomic E-state index is 0.408. The van der Waals surface area contributed by atoms with Gasteiger partial charge in [0.1, 0.15) is 21.4 Å². The third-order valence-electron chi connectivity index (χ3n) is 5.83. The van der Waals surface area contributed by atoms with E-state index in [0.29, 0.717) is 48.8 Å². The second-order valence-electron chi connectivity index (χ2n) is 8.29. The Morgan fingerprint density at radius 2 is 1.89 bits per heavy atom. The van der Waals surface area contributed by atoms with Crippen LogP contribution in [0.4, 0.5) is 10.5 Å².